The van der Waals surface area contributed by atoms with E-state index in [1.165, 1.54) is 16.7 Å². The second-order valence-electron chi connectivity index (χ2n) is 7.28. The number of nitrogen functional groups attached to an aromatic ring is 1. The number of imidazole rings is 1. The summed E-state index contributed by atoms with van der Waals surface area (Å²) in [6.07, 6.45) is 1.74. The minimum Gasteiger partial charge on any atom is -0.477 e. The minimum atomic E-state index is -1.10. The lowest BCUT2D eigenvalue weighted by molar-refractivity contribution is -0.163. The van der Waals surface area contributed by atoms with Crippen LogP contribution >= 0.6 is 11.8 Å². The number of carboxylic acids is 1. The van der Waals surface area contributed by atoms with Crippen molar-refractivity contribution in [3.8, 4) is 0 Å². The number of aryl methyl sites for hydroxylation is 1. The van der Waals surface area contributed by atoms with Crippen molar-refractivity contribution < 1.29 is 19.8 Å². The Morgan fingerprint density at radius 3 is 2.82 bits per heavy atom. The first-order valence-electron chi connectivity index (χ1n) is 9.15. The van der Waals surface area contributed by atoms with Crippen molar-refractivity contribution in [2.45, 2.75) is 32.4 Å². The zero-order valence-electron chi connectivity index (χ0n) is 15.6. The van der Waals surface area contributed by atoms with Gasteiger partial charge in [-0.3, -0.25) is 9.20 Å². The maximum absolute atomic E-state index is 12.4. The molecule has 3 unspecified atom stereocenters. The van der Waals surface area contributed by atoms with Gasteiger partial charge in [0, 0.05) is 29.2 Å². The molecule has 4 N–H and O–H groups in total. The van der Waals surface area contributed by atoms with E-state index in [4.69, 9.17) is 5.73 Å². The van der Waals surface area contributed by atoms with E-state index < -0.39 is 18.0 Å². The van der Waals surface area contributed by atoms with E-state index >= 15 is 0 Å². The molecule has 148 valence electrons. The van der Waals surface area contributed by atoms with Gasteiger partial charge in [0.05, 0.1) is 23.8 Å². The van der Waals surface area contributed by atoms with Crippen LogP contribution in [0.1, 0.15) is 19.5 Å². The van der Waals surface area contributed by atoms with Crippen LogP contribution in [0, 0.1) is 11.8 Å². The predicted octanol–water partition coefficient (Wildman–Crippen LogP) is 1.35. The monoisotopic (exact) mass is 402 g/mol. The van der Waals surface area contributed by atoms with Crippen LogP contribution in [0.15, 0.2) is 35.0 Å². The van der Waals surface area contributed by atoms with E-state index in [1.54, 1.807) is 13.0 Å². The van der Waals surface area contributed by atoms with Crippen LogP contribution in [-0.4, -0.2) is 54.3 Å². The predicted molar refractivity (Wildman–Crippen MR) is 105 cm³/mol. The number of aliphatic hydroxyl groups excluding tert-OH is 1. The van der Waals surface area contributed by atoms with Crippen molar-refractivity contribution in [2.24, 2.45) is 11.8 Å². The van der Waals surface area contributed by atoms with Gasteiger partial charge in [0.25, 0.3) is 0 Å². The lowest BCUT2D eigenvalue weighted by atomic mass is 9.79. The van der Waals surface area contributed by atoms with Crippen molar-refractivity contribution in [1.82, 2.24) is 14.3 Å². The van der Waals surface area contributed by atoms with Crippen LogP contribution in [-0.2, 0) is 16.0 Å². The number of fused-ring (bicyclic) bond motifs is 2. The number of aliphatic hydroxyl groups is 1. The van der Waals surface area contributed by atoms with E-state index in [2.05, 4.69) is 4.98 Å². The van der Waals surface area contributed by atoms with Crippen LogP contribution in [0.5, 0.6) is 0 Å². The molecular weight excluding hydrogens is 380 g/mol. The normalized spacial score (nSPS) is 25.2. The molecule has 4 rings (SSSR count). The van der Waals surface area contributed by atoms with Crippen LogP contribution in [0.4, 0.5) is 5.82 Å². The lowest BCUT2D eigenvalue weighted by Gasteiger charge is -2.46. The number of carbonyl (C=O) groups is 2. The number of carboxylic acid groups (broad SMARTS) is 1. The minimum absolute atomic E-state index is 0.0589. The number of hydrogen-bond acceptors (Lipinski definition) is 6. The Labute approximate surface area is 166 Å². The number of rotatable bonds is 6. The van der Waals surface area contributed by atoms with Crippen LogP contribution < -0.4 is 5.73 Å². The molecule has 0 radical (unpaired) electrons. The summed E-state index contributed by atoms with van der Waals surface area (Å²) in [5, 5.41) is 19.5. The number of aromatic nitrogens is 2. The highest BCUT2D eigenvalue weighted by Gasteiger charge is 2.59. The number of hydrogen-bond donors (Lipinski definition) is 3. The van der Waals surface area contributed by atoms with Gasteiger partial charge in [0.15, 0.2) is 0 Å². The fourth-order valence-electron chi connectivity index (χ4n) is 4.18. The summed E-state index contributed by atoms with van der Waals surface area (Å²) in [6, 6.07) is 5.25. The summed E-state index contributed by atoms with van der Waals surface area (Å²) in [5.41, 5.74) is 7.64. The average Bonchev–Trinajstić information content (AvgIpc) is 3.14. The molecule has 4 atom stereocenters. The van der Waals surface area contributed by atoms with Crippen molar-refractivity contribution in [2.75, 3.05) is 11.5 Å². The largest absolute Gasteiger partial charge is 0.477 e. The number of carbonyl (C=O) groups excluding carboxylic acids is 1. The topological polar surface area (TPSA) is 121 Å². The number of pyridine rings is 1. The second kappa shape index (κ2) is 6.82. The fourth-order valence-corrected chi connectivity index (χ4v) is 5.44. The molecule has 2 aliphatic rings. The quantitative estimate of drug-likeness (QED) is 0.624. The first-order chi connectivity index (χ1) is 13.3. The fraction of sp³-hybridized carbons (Fsp3) is 0.421. The Bertz CT molecular complexity index is 999. The highest BCUT2D eigenvalue weighted by Crippen LogP contribution is 2.50. The molecule has 1 saturated heterocycles. The van der Waals surface area contributed by atoms with Crippen molar-refractivity contribution in [3.05, 3.63) is 40.7 Å². The van der Waals surface area contributed by atoms with Gasteiger partial charge in [-0.05, 0) is 19.1 Å². The highest BCUT2D eigenvalue weighted by molar-refractivity contribution is 8.03. The second-order valence-corrected chi connectivity index (χ2v) is 8.42. The average molecular weight is 402 g/mol. The molecule has 0 bridgehead atoms. The number of aliphatic carboxylic acids is 1. The van der Waals surface area contributed by atoms with E-state index in [0.717, 1.165) is 11.3 Å². The van der Waals surface area contributed by atoms with Crippen molar-refractivity contribution in [3.63, 3.8) is 0 Å². The SMILES string of the molecule is CC(O)C1C(=O)N2C(C(=O)O)=C(SCCc3cn4c(N)cccc4n3)[C@H](C)C12. The van der Waals surface area contributed by atoms with Gasteiger partial charge in [-0.25, -0.2) is 9.78 Å². The number of β-lactam (4-membered cyclic amide) rings is 1. The molecule has 0 spiro atoms. The molecule has 28 heavy (non-hydrogen) atoms. The number of thioether (sulfide) groups is 1. The van der Waals surface area contributed by atoms with Gasteiger partial charge in [0.1, 0.15) is 17.2 Å². The van der Waals surface area contributed by atoms with E-state index in [0.29, 0.717) is 22.9 Å². The van der Waals surface area contributed by atoms with E-state index in [-0.39, 0.29) is 23.6 Å². The highest BCUT2D eigenvalue weighted by atomic mass is 32.2. The molecule has 4 heterocycles. The lowest BCUT2D eigenvalue weighted by Crippen LogP contribution is -2.63. The zero-order valence-corrected chi connectivity index (χ0v) is 16.4. The summed E-state index contributed by atoms with van der Waals surface area (Å²) in [5.74, 6) is -0.829. The molecule has 2 aromatic heterocycles. The molecule has 0 aromatic carbocycles. The van der Waals surface area contributed by atoms with E-state index in [1.807, 2.05) is 29.7 Å². The van der Waals surface area contributed by atoms with Crippen molar-refractivity contribution in [1.29, 1.82) is 0 Å². The number of amides is 1. The molecule has 1 fully saturated rings. The van der Waals surface area contributed by atoms with Gasteiger partial charge in [-0.2, -0.15) is 0 Å². The summed E-state index contributed by atoms with van der Waals surface area (Å²) < 4.78 is 1.82. The molecule has 0 saturated carbocycles. The standard InChI is InChI=1S/C19H22N4O4S/c1-9-15-14(10(2)24)18(25)23(15)16(19(26)27)17(9)28-7-6-11-8-22-12(20)4-3-5-13(22)21-11/h3-5,8-10,14-15,24H,6-7,20H2,1-2H3,(H,26,27)/t9-,10?,14?,15?/m1/s1. The molecular formula is C19H22N4O4S. The number of anilines is 1. The number of nitrogens with zero attached hydrogens (tertiary/aromatic N) is 3. The Morgan fingerprint density at radius 1 is 1.43 bits per heavy atom. The third-order valence-electron chi connectivity index (χ3n) is 5.50. The number of nitrogens with two attached hydrogens (primary N) is 1. The third-order valence-corrected chi connectivity index (χ3v) is 6.78. The molecule has 1 amide bonds. The summed E-state index contributed by atoms with van der Waals surface area (Å²) in [7, 11) is 0. The Kier molecular flexibility index (Phi) is 4.59. The molecule has 0 aliphatic carbocycles. The maximum Gasteiger partial charge on any atom is 0.353 e. The summed E-state index contributed by atoms with van der Waals surface area (Å²) >= 11 is 1.44. The van der Waals surface area contributed by atoms with Gasteiger partial charge in [0.2, 0.25) is 5.91 Å². The van der Waals surface area contributed by atoms with Gasteiger partial charge in [-0.1, -0.05) is 13.0 Å². The smallest absolute Gasteiger partial charge is 0.353 e. The Balaban J connectivity index is 1.51. The maximum atomic E-state index is 12.4. The van der Waals surface area contributed by atoms with Gasteiger partial charge in [-0.15, -0.1) is 11.8 Å². The van der Waals surface area contributed by atoms with Gasteiger partial charge < -0.3 is 20.8 Å². The zero-order chi connectivity index (χ0) is 20.2. The first kappa shape index (κ1) is 18.8. The van der Waals surface area contributed by atoms with Crippen LogP contribution in [0.25, 0.3) is 5.65 Å². The molecule has 2 aliphatic heterocycles. The molecule has 9 heteroatoms. The van der Waals surface area contributed by atoms with Gasteiger partial charge >= 0.3 is 5.97 Å². The molecule has 2 aromatic rings. The summed E-state index contributed by atoms with van der Waals surface area (Å²) in [4.78, 5) is 30.7. The Morgan fingerprint density at radius 2 is 2.18 bits per heavy atom. The molecule has 8 nitrogen and oxygen atoms in total. The van der Waals surface area contributed by atoms with Crippen LogP contribution in [0.3, 0.4) is 0 Å². The first-order valence-corrected chi connectivity index (χ1v) is 10.1. The third kappa shape index (κ3) is 2.77. The Hall–Kier alpha value is -2.52. The van der Waals surface area contributed by atoms with Crippen molar-refractivity contribution >= 4 is 35.1 Å². The summed E-state index contributed by atoms with van der Waals surface area (Å²) in [6.45, 7) is 3.50. The van der Waals surface area contributed by atoms with Crippen LogP contribution in [0.2, 0.25) is 0 Å². The van der Waals surface area contributed by atoms with E-state index in [9.17, 15) is 19.8 Å².